The van der Waals surface area contributed by atoms with Crippen LogP contribution in [0.5, 0.6) is 0 Å². The summed E-state index contributed by atoms with van der Waals surface area (Å²) in [4.78, 5) is 49.1. The number of carbonyl (C=O) groups excluding carboxylic acids is 4. The fourth-order valence-electron chi connectivity index (χ4n) is 3.72. The van der Waals surface area contributed by atoms with E-state index in [2.05, 4.69) is 21.3 Å². The van der Waals surface area contributed by atoms with Crippen LogP contribution in [0.4, 0.5) is 0 Å². The lowest BCUT2D eigenvalue weighted by Gasteiger charge is -2.19. The van der Waals surface area contributed by atoms with Gasteiger partial charge >= 0.3 is 0 Å². The van der Waals surface area contributed by atoms with Gasteiger partial charge in [-0.05, 0) is 51.4 Å². The summed E-state index contributed by atoms with van der Waals surface area (Å²) in [6.07, 6.45) is 9.07. The van der Waals surface area contributed by atoms with Gasteiger partial charge in [-0.3, -0.25) is 19.2 Å². The Balaban J connectivity index is 4.51. The summed E-state index contributed by atoms with van der Waals surface area (Å²) >= 11 is 0. The van der Waals surface area contributed by atoms with Crippen molar-refractivity contribution < 1.29 is 33.4 Å². The van der Waals surface area contributed by atoms with Crippen molar-refractivity contribution >= 4 is 23.6 Å². The second-order valence-corrected chi connectivity index (χ2v) is 9.39. The highest BCUT2D eigenvalue weighted by molar-refractivity contribution is 5.85. The molecule has 0 aromatic rings. The first-order chi connectivity index (χ1) is 18.4. The average Bonchev–Trinajstić information content (AvgIpc) is 2.90. The first-order valence-electron chi connectivity index (χ1n) is 14.0. The van der Waals surface area contributed by atoms with Gasteiger partial charge in [0.1, 0.15) is 0 Å². The normalized spacial score (nSPS) is 11.6. The van der Waals surface area contributed by atoms with E-state index in [9.17, 15) is 19.2 Å². The minimum absolute atomic E-state index is 0.0741. The van der Waals surface area contributed by atoms with Gasteiger partial charge in [-0.25, -0.2) is 0 Å². The van der Waals surface area contributed by atoms with Crippen molar-refractivity contribution in [2.24, 2.45) is 0 Å². The fourth-order valence-corrected chi connectivity index (χ4v) is 3.72. The van der Waals surface area contributed by atoms with E-state index in [4.69, 9.17) is 14.2 Å². The predicted molar refractivity (Wildman–Crippen MR) is 147 cm³/mol. The largest absolute Gasteiger partial charge is 0.385 e. The molecule has 0 aromatic heterocycles. The molecule has 0 aliphatic heterocycles. The smallest absolute Gasteiger partial charge is 0.239 e. The lowest BCUT2D eigenvalue weighted by molar-refractivity contribution is -0.127. The molecule has 0 aliphatic rings. The molecule has 38 heavy (non-hydrogen) atoms. The van der Waals surface area contributed by atoms with Crippen molar-refractivity contribution in [2.45, 2.75) is 89.5 Å². The third-order valence-corrected chi connectivity index (χ3v) is 5.91. The summed E-state index contributed by atoms with van der Waals surface area (Å²) < 4.78 is 15.0. The SMILES string of the molecule is COCCCCCCNC(=O)CC(CCC(=O)NCCCCCOC)NC(=O)CNC(=O)CCCCOC. The topological polar surface area (TPSA) is 144 Å². The number of rotatable bonds is 26. The number of carbonyl (C=O) groups is 4. The number of amides is 4. The highest BCUT2D eigenvalue weighted by Gasteiger charge is 2.18. The van der Waals surface area contributed by atoms with E-state index < -0.39 is 6.04 Å². The van der Waals surface area contributed by atoms with Gasteiger partial charge in [-0.15, -0.1) is 0 Å². The van der Waals surface area contributed by atoms with E-state index in [1.165, 1.54) is 0 Å². The van der Waals surface area contributed by atoms with Crippen molar-refractivity contribution in [1.29, 1.82) is 0 Å². The molecule has 0 saturated heterocycles. The molecular weight excluding hydrogens is 492 g/mol. The second-order valence-electron chi connectivity index (χ2n) is 9.39. The Morgan fingerprint density at radius 1 is 0.553 bits per heavy atom. The molecule has 0 fully saturated rings. The molecule has 0 spiro atoms. The van der Waals surface area contributed by atoms with E-state index in [-0.39, 0.29) is 43.0 Å². The van der Waals surface area contributed by atoms with Gasteiger partial charge in [0.2, 0.25) is 23.6 Å². The van der Waals surface area contributed by atoms with Gasteiger partial charge in [-0.1, -0.05) is 12.8 Å². The van der Waals surface area contributed by atoms with Gasteiger partial charge in [0, 0.05) is 79.5 Å². The monoisotopic (exact) mass is 544 g/mol. The molecule has 0 bridgehead atoms. The van der Waals surface area contributed by atoms with Crippen molar-refractivity contribution in [2.75, 3.05) is 60.8 Å². The molecular formula is C27H52N4O7. The molecule has 11 heteroatoms. The fraction of sp³-hybridized carbons (Fsp3) is 0.852. The summed E-state index contributed by atoms with van der Waals surface area (Å²) in [6.45, 7) is 3.02. The maximum Gasteiger partial charge on any atom is 0.239 e. The highest BCUT2D eigenvalue weighted by Crippen LogP contribution is 2.05. The Morgan fingerprint density at radius 2 is 1.05 bits per heavy atom. The van der Waals surface area contributed by atoms with Crippen LogP contribution in [-0.4, -0.2) is 90.5 Å². The summed E-state index contributed by atoms with van der Waals surface area (Å²) in [7, 11) is 4.96. The van der Waals surface area contributed by atoms with Crippen molar-refractivity contribution in [3.05, 3.63) is 0 Å². The molecule has 0 heterocycles. The third kappa shape index (κ3) is 24.1. The number of ether oxygens (including phenoxy) is 3. The number of nitrogens with one attached hydrogen (secondary N) is 4. The van der Waals surface area contributed by atoms with E-state index in [0.717, 1.165) is 58.0 Å². The van der Waals surface area contributed by atoms with Crippen LogP contribution in [0.3, 0.4) is 0 Å². The van der Waals surface area contributed by atoms with Crippen molar-refractivity contribution in [3.63, 3.8) is 0 Å². The van der Waals surface area contributed by atoms with Gasteiger partial charge in [0.15, 0.2) is 0 Å². The van der Waals surface area contributed by atoms with Gasteiger partial charge in [-0.2, -0.15) is 0 Å². The van der Waals surface area contributed by atoms with E-state index in [0.29, 0.717) is 45.6 Å². The Hall–Kier alpha value is -2.24. The first kappa shape index (κ1) is 35.8. The second kappa shape index (κ2) is 26.4. The molecule has 0 radical (unpaired) electrons. The molecule has 4 N–H and O–H groups in total. The number of unbranched alkanes of at least 4 members (excludes halogenated alkanes) is 6. The van der Waals surface area contributed by atoms with Crippen molar-refractivity contribution in [1.82, 2.24) is 21.3 Å². The molecule has 1 atom stereocenters. The molecule has 0 rings (SSSR count). The molecule has 4 amide bonds. The van der Waals surface area contributed by atoms with E-state index in [1.54, 1.807) is 21.3 Å². The van der Waals surface area contributed by atoms with Crippen LogP contribution >= 0.6 is 0 Å². The molecule has 0 aliphatic carbocycles. The zero-order valence-electron chi connectivity index (χ0n) is 23.9. The third-order valence-electron chi connectivity index (χ3n) is 5.91. The quantitative estimate of drug-likeness (QED) is 0.122. The molecule has 11 nitrogen and oxygen atoms in total. The van der Waals surface area contributed by atoms with Crippen LogP contribution < -0.4 is 21.3 Å². The molecule has 0 aromatic carbocycles. The van der Waals surface area contributed by atoms with E-state index >= 15 is 0 Å². The maximum absolute atomic E-state index is 12.5. The lowest BCUT2D eigenvalue weighted by Crippen LogP contribution is -2.44. The van der Waals surface area contributed by atoms with Crippen LogP contribution in [0.15, 0.2) is 0 Å². The lowest BCUT2D eigenvalue weighted by atomic mass is 10.1. The Morgan fingerprint density at radius 3 is 1.66 bits per heavy atom. The minimum atomic E-state index is -0.504. The zero-order chi connectivity index (χ0) is 28.3. The van der Waals surface area contributed by atoms with Crippen LogP contribution in [0.25, 0.3) is 0 Å². The van der Waals surface area contributed by atoms with Crippen LogP contribution in [-0.2, 0) is 33.4 Å². The van der Waals surface area contributed by atoms with Crippen molar-refractivity contribution in [3.8, 4) is 0 Å². The standard InChI is InChI=1S/C27H52N4O7/c1-36-18-10-5-4-8-17-29-26(34)21-23(14-15-25(33)28-16-9-6-11-19-37-2)31-27(35)22-30-24(32)13-7-12-20-38-3/h23H,4-22H2,1-3H3,(H,28,33)(H,29,34)(H,30,32)(H,31,35). The van der Waals surface area contributed by atoms with Crippen LogP contribution in [0.2, 0.25) is 0 Å². The van der Waals surface area contributed by atoms with Crippen LogP contribution in [0.1, 0.15) is 83.5 Å². The molecule has 1 unspecified atom stereocenters. The van der Waals surface area contributed by atoms with E-state index in [1.807, 2.05) is 0 Å². The molecule has 0 saturated carbocycles. The number of hydrogen-bond donors (Lipinski definition) is 4. The molecule has 222 valence electrons. The predicted octanol–water partition coefficient (Wildman–Crippen LogP) is 1.83. The summed E-state index contributed by atoms with van der Waals surface area (Å²) in [5.41, 5.74) is 0. The van der Waals surface area contributed by atoms with Gasteiger partial charge < -0.3 is 35.5 Å². The Bertz CT molecular complexity index is 635. The maximum atomic E-state index is 12.5. The first-order valence-corrected chi connectivity index (χ1v) is 14.0. The minimum Gasteiger partial charge on any atom is -0.385 e. The van der Waals surface area contributed by atoms with Crippen LogP contribution in [0, 0.1) is 0 Å². The zero-order valence-corrected chi connectivity index (χ0v) is 23.9. The average molecular weight is 545 g/mol. The summed E-state index contributed by atoms with van der Waals surface area (Å²) in [5.74, 6) is -0.879. The Kier molecular flexibility index (Phi) is 24.8. The summed E-state index contributed by atoms with van der Waals surface area (Å²) in [5, 5.41) is 11.2. The highest BCUT2D eigenvalue weighted by atomic mass is 16.5. The van der Waals surface area contributed by atoms with Gasteiger partial charge in [0.05, 0.1) is 6.54 Å². The number of hydrogen-bond acceptors (Lipinski definition) is 7. The Labute approximate surface area is 228 Å². The summed E-state index contributed by atoms with van der Waals surface area (Å²) in [6, 6.07) is -0.504. The number of methoxy groups -OCH3 is 3. The van der Waals surface area contributed by atoms with Gasteiger partial charge in [0.25, 0.3) is 0 Å².